The van der Waals surface area contributed by atoms with Crippen LogP contribution in [0.5, 0.6) is 0 Å². The van der Waals surface area contributed by atoms with Crippen LogP contribution in [0.4, 0.5) is 0 Å². The van der Waals surface area contributed by atoms with Crippen molar-refractivity contribution in [3.63, 3.8) is 0 Å². The Kier molecular flexibility index (Phi) is 3.03. The fraction of sp³-hybridized carbons (Fsp3) is 0.700. The minimum atomic E-state index is -1.16. The number of carboxylic acids is 1. The van der Waals surface area contributed by atoms with Crippen LogP contribution in [0.2, 0.25) is 0 Å². The van der Waals surface area contributed by atoms with Gasteiger partial charge >= 0.3 is 11.9 Å². The number of hydrogen-bond donors (Lipinski definition) is 1. The lowest BCUT2D eigenvalue weighted by Crippen LogP contribution is -2.62. The molecule has 94 valence electrons. The van der Waals surface area contributed by atoms with E-state index in [4.69, 9.17) is 4.74 Å². The number of aliphatic carboxylic acids is 1. The van der Waals surface area contributed by atoms with Crippen molar-refractivity contribution < 1.29 is 24.2 Å². The van der Waals surface area contributed by atoms with Crippen LogP contribution in [0.3, 0.4) is 0 Å². The van der Waals surface area contributed by atoms with E-state index < -0.39 is 17.4 Å². The summed E-state index contributed by atoms with van der Waals surface area (Å²) >= 11 is 1.44. The molecule has 2 fully saturated rings. The van der Waals surface area contributed by atoms with Gasteiger partial charge in [0, 0.05) is 19.2 Å². The minimum absolute atomic E-state index is 0.0318. The second kappa shape index (κ2) is 4.21. The monoisotopic (exact) mass is 259 g/mol. The van der Waals surface area contributed by atoms with Crippen LogP contribution in [0.1, 0.15) is 13.3 Å². The molecular formula is C10H13NO5S. The number of carbonyl (C=O) groups is 3. The van der Waals surface area contributed by atoms with E-state index >= 15 is 0 Å². The molecule has 1 N–H and O–H groups in total. The molecule has 1 unspecified atom stereocenters. The largest absolute Gasteiger partial charge is 0.481 e. The number of rotatable bonds is 3. The SMILES string of the molecule is CC(=O)OCC1(C(=O)O)CS[C@@H]2CC(=O)N2C1. The number of carboxylic acid groups (broad SMARTS) is 1. The van der Waals surface area contributed by atoms with Gasteiger partial charge in [-0.2, -0.15) is 0 Å². The molecule has 2 rings (SSSR count). The molecule has 0 radical (unpaired) electrons. The molecule has 0 bridgehead atoms. The Morgan fingerprint density at radius 2 is 2.35 bits per heavy atom. The summed E-state index contributed by atoms with van der Waals surface area (Å²) in [7, 11) is 0. The fourth-order valence-corrected chi connectivity index (χ4v) is 3.35. The number of fused-ring (bicyclic) bond motifs is 1. The summed E-state index contributed by atoms with van der Waals surface area (Å²) < 4.78 is 4.82. The molecule has 2 saturated heterocycles. The van der Waals surface area contributed by atoms with Gasteiger partial charge in [0.2, 0.25) is 5.91 Å². The van der Waals surface area contributed by atoms with Crippen LogP contribution >= 0.6 is 11.8 Å². The molecule has 0 spiro atoms. The Labute approximate surface area is 102 Å². The van der Waals surface area contributed by atoms with Crippen LogP contribution in [-0.4, -0.2) is 52.1 Å². The molecule has 2 aliphatic heterocycles. The van der Waals surface area contributed by atoms with Gasteiger partial charge in [-0.3, -0.25) is 14.4 Å². The highest BCUT2D eigenvalue weighted by Gasteiger charge is 2.52. The lowest BCUT2D eigenvalue weighted by atomic mass is 9.89. The lowest BCUT2D eigenvalue weighted by Gasteiger charge is -2.49. The van der Waals surface area contributed by atoms with E-state index in [1.54, 1.807) is 4.90 Å². The lowest BCUT2D eigenvalue weighted by molar-refractivity contribution is -0.162. The standard InChI is InChI=1S/C10H13NO5S/c1-6(12)16-4-10(9(14)15)3-11-7(13)2-8(11)17-5-10/h8H,2-5H2,1H3,(H,14,15)/t8-,10?/m1/s1. The summed E-state index contributed by atoms with van der Waals surface area (Å²) in [4.78, 5) is 35.0. The zero-order chi connectivity index (χ0) is 12.6. The predicted molar refractivity (Wildman–Crippen MR) is 59.3 cm³/mol. The van der Waals surface area contributed by atoms with Gasteiger partial charge < -0.3 is 14.7 Å². The third kappa shape index (κ3) is 2.11. The molecule has 0 aliphatic carbocycles. The molecule has 0 aromatic carbocycles. The van der Waals surface area contributed by atoms with Gasteiger partial charge in [0.1, 0.15) is 12.0 Å². The van der Waals surface area contributed by atoms with Crippen LogP contribution in [0.25, 0.3) is 0 Å². The number of esters is 1. The van der Waals surface area contributed by atoms with Crippen LogP contribution in [0, 0.1) is 5.41 Å². The Hall–Kier alpha value is -1.24. The number of β-lactam (4-membered cyclic amide) rings is 1. The van der Waals surface area contributed by atoms with E-state index in [0.29, 0.717) is 12.2 Å². The molecule has 7 heteroatoms. The normalized spacial score (nSPS) is 31.5. The Morgan fingerprint density at radius 1 is 1.65 bits per heavy atom. The Bertz CT molecular complexity index is 385. The molecule has 0 aromatic rings. The van der Waals surface area contributed by atoms with Crippen molar-refractivity contribution >= 4 is 29.6 Å². The van der Waals surface area contributed by atoms with E-state index in [1.165, 1.54) is 18.7 Å². The van der Waals surface area contributed by atoms with E-state index in [0.717, 1.165) is 0 Å². The zero-order valence-corrected chi connectivity index (χ0v) is 10.2. The zero-order valence-electron chi connectivity index (χ0n) is 9.34. The molecule has 0 saturated carbocycles. The maximum Gasteiger partial charge on any atom is 0.315 e. The first kappa shape index (κ1) is 12.2. The maximum absolute atomic E-state index is 11.3. The average Bonchev–Trinajstić information content (AvgIpc) is 2.26. The van der Waals surface area contributed by atoms with Gasteiger partial charge in [0.05, 0.1) is 11.8 Å². The van der Waals surface area contributed by atoms with E-state index in [-0.39, 0.29) is 24.4 Å². The van der Waals surface area contributed by atoms with Crippen LogP contribution < -0.4 is 0 Å². The topological polar surface area (TPSA) is 83.9 Å². The van der Waals surface area contributed by atoms with Gasteiger partial charge in [0.25, 0.3) is 0 Å². The van der Waals surface area contributed by atoms with Crippen molar-refractivity contribution in [1.82, 2.24) is 4.90 Å². The minimum Gasteiger partial charge on any atom is -0.481 e. The summed E-state index contributed by atoms with van der Waals surface area (Å²) in [5.41, 5.74) is -1.16. The van der Waals surface area contributed by atoms with Crippen molar-refractivity contribution in [2.75, 3.05) is 18.9 Å². The van der Waals surface area contributed by atoms with Gasteiger partial charge in [-0.25, -0.2) is 0 Å². The number of hydrogen-bond acceptors (Lipinski definition) is 5. The highest BCUT2D eigenvalue weighted by atomic mass is 32.2. The number of thioether (sulfide) groups is 1. The van der Waals surface area contributed by atoms with Crippen molar-refractivity contribution in [3.8, 4) is 0 Å². The first-order valence-electron chi connectivity index (χ1n) is 5.22. The quantitative estimate of drug-likeness (QED) is 0.564. The molecule has 1 amide bonds. The van der Waals surface area contributed by atoms with E-state index in [9.17, 15) is 19.5 Å². The Morgan fingerprint density at radius 3 is 2.88 bits per heavy atom. The molecular weight excluding hydrogens is 246 g/mol. The van der Waals surface area contributed by atoms with E-state index in [2.05, 4.69) is 0 Å². The van der Waals surface area contributed by atoms with Crippen LogP contribution in [0.15, 0.2) is 0 Å². The molecule has 2 heterocycles. The third-order valence-corrected chi connectivity index (χ3v) is 4.57. The molecule has 6 nitrogen and oxygen atoms in total. The smallest absolute Gasteiger partial charge is 0.315 e. The summed E-state index contributed by atoms with van der Waals surface area (Å²) in [6.07, 6.45) is 0.480. The molecule has 17 heavy (non-hydrogen) atoms. The number of ether oxygens (including phenoxy) is 1. The summed E-state index contributed by atoms with van der Waals surface area (Å²) in [6.45, 7) is 1.19. The first-order chi connectivity index (χ1) is 7.94. The number of amides is 1. The van der Waals surface area contributed by atoms with Crippen molar-refractivity contribution in [2.24, 2.45) is 5.41 Å². The predicted octanol–water partition coefficient (Wildman–Crippen LogP) is -0.0743. The maximum atomic E-state index is 11.3. The highest BCUT2D eigenvalue weighted by Crippen LogP contribution is 2.42. The summed E-state index contributed by atoms with van der Waals surface area (Å²) in [5, 5.41) is 9.38. The van der Waals surface area contributed by atoms with Crippen LogP contribution in [-0.2, 0) is 19.1 Å². The number of nitrogens with zero attached hydrogens (tertiary/aromatic N) is 1. The number of carbonyl (C=O) groups excluding carboxylic acids is 2. The van der Waals surface area contributed by atoms with Gasteiger partial charge in [-0.15, -0.1) is 11.8 Å². The molecule has 0 aromatic heterocycles. The highest BCUT2D eigenvalue weighted by molar-refractivity contribution is 8.00. The third-order valence-electron chi connectivity index (χ3n) is 3.05. The summed E-state index contributed by atoms with van der Waals surface area (Å²) in [6, 6.07) is 0. The van der Waals surface area contributed by atoms with Gasteiger partial charge in [-0.1, -0.05) is 0 Å². The fourth-order valence-electron chi connectivity index (χ4n) is 1.91. The van der Waals surface area contributed by atoms with Crippen molar-refractivity contribution in [2.45, 2.75) is 18.7 Å². The first-order valence-corrected chi connectivity index (χ1v) is 6.27. The average molecular weight is 259 g/mol. The Balaban J connectivity index is 2.09. The second-order valence-electron chi connectivity index (χ2n) is 4.36. The second-order valence-corrected chi connectivity index (χ2v) is 5.52. The van der Waals surface area contributed by atoms with Crippen molar-refractivity contribution in [1.29, 1.82) is 0 Å². The summed E-state index contributed by atoms with van der Waals surface area (Å²) in [5.74, 6) is -1.20. The van der Waals surface area contributed by atoms with Crippen molar-refractivity contribution in [3.05, 3.63) is 0 Å². The molecule has 2 aliphatic rings. The van der Waals surface area contributed by atoms with E-state index in [1.807, 2.05) is 0 Å². The van der Waals surface area contributed by atoms with Gasteiger partial charge in [0.15, 0.2) is 0 Å². The van der Waals surface area contributed by atoms with Gasteiger partial charge in [-0.05, 0) is 0 Å². The molecule has 2 atom stereocenters.